The highest BCUT2D eigenvalue weighted by Gasteiger charge is 2.14. The summed E-state index contributed by atoms with van der Waals surface area (Å²) in [5, 5.41) is 8.52. The number of ketones is 1. The van der Waals surface area contributed by atoms with Gasteiger partial charge in [0.25, 0.3) is 0 Å². The molecule has 0 heterocycles. The molecule has 6 heteroatoms. The minimum absolute atomic E-state index is 0.143. The lowest BCUT2D eigenvalue weighted by Gasteiger charge is -2.19. The molecule has 0 aliphatic carbocycles. The van der Waals surface area contributed by atoms with Crippen LogP contribution in [0.15, 0.2) is 0 Å². The Hall–Kier alpha value is -1.45. The molecule has 0 rings (SSSR count). The van der Waals surface area contributed by atoms with Crippen molar-refractivity contribution in [3.63, 3.8) is 0 Å². The normalized spacial score (nSPS) is 10.1. The van der Waals surface area contributed by atoms with Gasteiger partial charge in [0.2, 0.25) is 0 Å². The molecule has 0 amide bonds. The number of carbonyl (C=O) groups is 2. The molecule has 0 aliphatic rings. The first-order chi connectivity index (χ1) is 8.63. The quantitative estimate of drug-likeness (QED) is 0.415. The van der Waals surface area contributed by atoms with Gasteiger partial charge >= 0.3 is 5.97 Å². The van der Waals surface area contributed by atoms with Crippen LogP contribution in [0.1, 0.15) is 19.8 Å². The second-order valence-corrected chi connectivity index (χ2v) is 3.70. The number of rotatable bonds is 10. The second kappa shape index (κ2) is 10.7. The molecule has 0 aliphatic heterocycles. The zero-order valence-corrected chi connectivity index (χ0v) is 11.0. The summed E-state index contributed by atoms with van der Waals surface area (Å²) in [5.41, 5.74) is 0. The Kier molecular flexibility index (Phi) is 9.83. The molecule has 0 atom stereocenters. The highest BCUT2D eigenvalue weighted by atomic mass is 16.5. The molecule has 0 unspecified atom stereocenters. The monoisotopic (exact) mass is 256 g/mol. The molecular weight excluding hydrogens is 236 g/mol. The molecule has 0 spiro atoms. The number of nitriles is 1. The molecule has 0 N–H and O–H groups in total. The van der Waals surface area contributed by atoms with Crippen LogP contribution in [0.2, 0.25) is 0 Å². The van der Waals surface area contributed by atoms with Crippen LogP contribution in [-0.2, 0) is 19.1 Å². The predicted molar refractivity (Wildman–Crippen MR) is 64.8 cm³/mol. The van der Waals surface area contributed by atoms with Crippen LogP contribution in [-0.4, -0.2) is 56.6 Å². The lowest BCUT2D eigenvalue weighted by molar-refractivity contribution is -0.145. The van der Waals surface area contributed by atoms with Crippen LogP contribution in [0, 0.1) is 11.3 Å². The molecule has 18 heavy (non-hydrogen) atoms. The van der Waals surface area contributed by atoms with Crippen molar-refractivity contribution >= 4 is 11.8 Å². The molecule has 6 nitrogen and oxygen atoms in total. The fraction of sp³-hybridized carbons (Fsp3) is 0.750. The number of Topliss-reactive ketones (excluding diaryl/α,β-unsaturated/α-hetero) is 1. The standard InChI is InChI=1S/C12H20N2O4/c1-3-18-12(16)9-11(15)10-14(6-4-5-13)7-8-17-2/h3-4,6-10H2,1-2H3. The van der Waals surface area contributed by atoms with Gasteiger partial charge in [0.1, 0.15) is 6.42 Å². The molecule has 102 valence electrons. The van der Waals surface area contributed by atoms with Gasteiger partial charge in [0.15, 0.2) is 5.78 Å². The lowest BCUT2D eigenvalue weighted by Crippen LogP contribution is -2.34. The highest BCUT2D eigenvalue weighted by molar-refractivity contribution is 5.96. The van der Waals surface area contributed by atoms with E-state index in [1.165, 1.54) is 0 Å². The largest absolute Gasteiger partial charge is 0.466 e. The summed E-state index contributed by atoms with van der Waals surface area (Å²) in [5.74, 6) is -0.711. The average molecular weight is 256 g/mol. The Morgan fingerprint density at radius 2 is 2.06 bits per heavy atom. The third-order valence-electron chi connectivity index (χ3n) is 2.20. The summed E-state index contributed by atoms with van der Waals surface area (Å²) in [4.78, 5) is 24.5. The van der Waals surface area contributed by atoms with Crippen molar-refractivity contribution in [2.75, 3.05) is 40.0 Å². The van der Waals surface area contributed by atoms with Gasteiger partial charge in [-0.05, 0) is 6.92 Å². The summed E-state index contributed by atoms with van der Waals surface area (Å²) in [6.07, 6.45) is 0.125. The van der Waals surface area contributed by atoms with E-state index in [4.69, 9.17) is 14.7 Å². The van der Waals surface area contributed by atoms with Crippen LogP contribution >= 0.6 is 0 Å². The van der Waals surface area contributed by atoms with Gasteiger partial charge in [-0.1, -0.05) is 0 Å². The maximum atomic E-state index is 11.6. The molecule has 0 fully saturated rings. The Morgan fingerprint density at radius 1 is 1.33 bits per heavy atom. The topological polar surface area (TPSA) is 79.6 Å². The van der Waals surface area contributed by atoms with Gasteiger partial charge in [-0.3, -0.25) is 14.5 Å². The molecule has 0 saturated heterocycles. The summed E-state index contributed by atoms with van der Waals surface area (Å²) < 4.78 is 9.63. The van der Waals surface area contributed by atoms with Crippen LogP contribution in [0.4, 0.5) is 0 Å². The van der Waals surface area contributed by atoms with E-state index < -0.39 is 5.97 Å². The number of esters is 1. The van der Waals surface area contributed by atoms with E-state index in [1.54, 1.807) is 18.9 Å². The molecular formula is C12H20N2O4. The fourth-order valence-electron chi connectivity index (χ4n) is 1.38. The summed E-state index contributed by atoms with van der Waals surface area (Å²) >= 11 is 0. The molecule has 0 bridgehead atoms. The number of hydrogen-bond acceptors (Lipinski definition) is 6. The minimum Gasteiger partial charge on any atom is -0.466 e. The van der Waals surface area contributed by atoms with E-state index in [0.717, 1.165) is 0 Å². The van der Waals surface area contributed by atoms with Crippen LogP contribution in [0.5, 0.6) is 0 Å². The van der Waals surface area contributed by atoms with Crippen LogP contribution < -0.4 is 0 Å². The van der Waals surface area contributed by atoms with Gasteiger partial charge in [-0.25, -0.2) is 0 Å². The third-order valence-corrected chi connectivity index (χ3v) is 2.20. The van der Waals surface area contributed by atoms with E-state index >= 15 is 0 Å². The van der Waals surface area contributed by atoms with Crippen LogP contribution in [0.3, 0.4) is 0 Å². The molecule has 0 saturated carbocycles. The van der Waals surface area contributed by atoms with Crippen LogP contribution in [0.25, 0.3) is 0 Å². The smallest absolute Gasteiger partial charge is 0.313 e. The minimum atomic E-state index is -0.505. The Labute approximate surface area is 107 Å². The lowest BCUT2D eigenvalue weighted by atomic mass is 10.2. The number of ether oxygens (including phenoxy) is 2. The summed E-state index contributed by atoms with van der Waals surface area (Å²) in [6, 6.07) is 2.02. The maximum absolute atomic E-state index is 11.6. The number of methoxy groups -OCH3 is 1. The van der Waals surface area contributed by atoms with Gasteiger partial charge in [-0.15, -0.1) is 0 Å². The molecule has 0 radical (unpaired) electrons. The second-order valence-electron chi connectivity index (χ2n) is 3.70. The summed E-state index contributed by atoms with van der Waals surface area (Å²) in [6.45, 7) is 3.65. The van der Waals surface area contributed by atoms with E-state index in [2.05, 4.69) is 0 Å². The fourth-order valence-corrected chi connectivity index (χ4v) is 1.38. The van der Waals surface area contributed by atoms with Crippen molar-refractivity contribution in [3.05, 3.63) is 0 Å². The first kappa shape index (κ1) is 16.6. The van der Waals surface area contributed by atoms with E-state index in [1.807, 2.05) is 6.07 Å². The number of nitrogens with zero attached hydrogens (tertiary/aromatic N) is 2. The predicted octanol–water partition coefficient (Wildman–Crippen LogP) is 0.371. The van der Waals surface area contributed by atoms with Crippen molar-refractivity contribution in [1.82, 2.24) is 4.90 Å². The average Bonchev–Trinajstić information content (AvgIpc) is 2.32. The maximum Gasteiger partial charge on any atom is 0.313 e. The Morgan fingerprint density at radius 3 is 2.61 bits per heavy atom. The highest BCUT2D eigenvalue weighted by Crippen LogP contribution is 1.96. The van der Waals surface area contributed by atoms with Gasteiger partial charge < -0.3 is 9.47 Å². The summed E-state index contributed by atoms with van der Waals surface area (Å²) in [7, 11) is 1.57. The number of carbonyl (C=O) groups excluding carboxylic acids is 2. The van der Waals surface area contributed by atoms with E-state index in [9.17, 15) is 9.59 Å². The van der Waals surface area contributed by atoms with Crippen molar-refractivity contribution in [3.8, 4) is 6.07 Å². The van der Waals surface area contributed by atoms with E-state index in [0.29, 0.717) is 26.1 Å². The van der Waals surface area contributed by atoms with Crippen molar-refractivity contribution < 1.29 is 19.1 Å². The van der Waals surface area contributed by atoms with Crippen molar-refractivity contribution in [2.24, 2.45) is 0 Å². The first-order valence-electron chi connectivity index (χ1n) is 5.89. The SMILES string of the molecule is CCOC(=O)CC(=O)CN(CCC#N)CCOC. The van der Waals surface area contributed by atoms with Crippen molar-refractivity contribution in [1.29, 1.82) is 5.26 Å². The van der Waals surface area contributed by atoms with Gasteiger partial charge in [0.05, 0.1) is 25.8 Å². The Balaban J connectivity index is 4.08. The third kappa shape index (κ3) is 8.67. The van der Waals surface area contributed by atoms with E-state index in [-0.39, 0.29) is 25.4 Å². The van der Waals surface area contributed by atoms with Gasteiger partial charge in [-0.2, -0.15) is 5.26 Å². The molecule has 0 aromatic rings. The molecule has 0 aromatic carbocycles. The van der Waals surface area contributed by atoms with Crippen molar-refractivity contribution in [2.45, 2.75) is 19.8 Å². The zero-order valence-electron chi connectivity index (χ0n) is 11.0. The first-order valence-corrected chi connectivity index (χ1v) is 5.89. The number of hydrogen-bond donors (Lipinski definition) is 0. The Bertz CT molecular complexity index is 299. The van der Waals surface area contributed by atoms with Gasteiger partial charge in [0, 0.05) is 26.6 Å². The molecule has 0 aromatic heterocycles. The zero-order chi connectivity index (χ0) is 13.8.